The van der Waals surface area contributed by atoms with E-state index >= 15 is 0 Å². The second kappa shape index (κ2) is 5.20. The molecule has 2 aromatic heterocycles. The summed E-state index contributed by atoms with van der Waals surface area (Å²) in [6.07, 6.45) is 0. The quantitative estimate of drug-likeness (QED) is 0.347. The molecule has 0 aliphatic heterocycles. The van der Waals surface area contributed by atoms with E-state index in [2.05, 4.69) is 10.2 Å². The predicted octanol–water partition coefficient (Wildman–Crippen LogP) is 3.64. The van der Waals surface area contributed by atoms with Crippen LogP contribution in [0.1, 0.15) is 0 Å². The fourth-order valence-electron chi connectivity index (χ4n) is 2.37. The highest BCUT2D eigenvalue weighted by molar-refractivity contribution is 5.83. The van der Waals surface area contributed by atoms with Gasteiger partial charge in [0.1, 0.15) is 5.58 Å². The van der Waals surface area contributed by atoms with Gasteiger partial charge < -0.3 is 14.6 Å². The van der Waals surface area contributed by atoms with Crippen molar-refractivity contribution < 1.29 is 13.8 Å². The largest absolute Gasteiger partial charge is 0.451 e. The molecule has 0 fully saturated rings. The van der Waals surface area contributed by atoms with E-state index in [-0.39, 0.29) is 17.5 Å². The number of anilines is 1. The van der Waals surface area contributed by atoms with Crippen molar-refractivity contribution in [3.05, 3.63) is 58.6 Å². The van der Waals surface area contributed by atoms with Gasteiger partial charge in [-0.1, -0.05) is 12.1 Å². The fourth-order valence-corrected chi connectivity index (χ4v) is 2.37. The molecule has 4 rings (SSSR count). The zero-order valence-corrected chi connectivity index (χ0v) is 12.2. The lowest BCUT2D eigenvalue weighted by atomic mass is 10.2. The Labute approximate surface area is 134 Å². The highest BCUT2D eigenvalue weighted by atomic mass is 16.6. The lowest BCUT2D eigenvalue weighted by Gasteiger charge is -1.98. The third kappa shape index (κ3) is 2.26. The summed E-state index contributed by atoms with van der Waals surface area (Å²) in [5, 5.41) is 19.3. The molecule has 24 heavy (non-hydrogen) atoms. The molecule has 0 bridgehead atoms. The van der Waals surface area contributed by atoms with Gasteiger partial charge in [-0.25, -0.2) is 0 Å². The van der Waals surface area contributed by atoms with E-state index in [0.29, 0.717) is 28.0 Å². The van der Waals surface area contributed by atoms with Crippen molar-refractivity contribution in [2.75, 3.05) is 5.73 Å². The summed E-state index contributed by atoms with van der Waals surface area (Å²) in [7, 11) is 0. The van der Waals surface area contributed by atoms with Crippen molar-refractivity contribution >= 4 is 22.3 Å². The Balaban J connectivity index is 1.76. The smallest absolute Gasteiger partial charge is 0.283 e. The number of nitrogens with two attached hydrogens (primary N) is 1. The molecule has 2 N–H and O–H groups in total. The van der Waals surface area contributed by atoms with Crippen LogP contribution in [0.15, 0.2) is 57.4 Å². The van der Waals surface area contributed by atoms with E-state index in [0.717, 1.165) is 0 Å². The SMILES string of the molecule is Nc1ccccc1-c1nnc(-c2cc3cc([N+](=O)[O-])ccc3o2)o1. The summed E-state index contributed by atoms with van der Waals surface area (Å²) in [4.78, 5) is 10.4. The number of furan rings is 1. The van der Waals surface area contributed by atoms with Crippen molar-refractivity contribution in [3.63, 3.8) is 0 Å². The van der Waals surface area contributed by atoms with Crippen LogP contribution in [0.3, 0.4) is 0 Å². The van der Waals surface area contributed by atoms with Crippen molar-refractivity contribution in [2.45, 2.75) is 0 Å². The van der Waals surface area contributed by atoms with Crippen molar-refractivity contribution in [3.8, 4) is 23.1 Å². The molecule has 2 aromatic carbocycles. The zero-order valence-electron chi connectivity index (χ0n) is 12.2. The summed E-state index contributed by atoms with van der Waals surface area (Å²) >= 11 is 0. The molecular formula is C16H10N4O4. The maximum Gasteiger partial charge on any atom is 0.283 e. The molecule has 2 heterocycles. The van der Waals surface area contributed by atoms with Gasteiger partial charge >= 0.3 is 0 Å². The lowest BCUT2D eigenvalue weighted by molar-refractivity contribution is -0.384. The minimum atomic E-state index is -0.463. The first-order chi connectivity index (χ1) is 11.6. The normalized spacial score (nSPS) is 11.0. The highest BCUT2D eigenvalue weighted by Crippen LogP contribution is 2.32. The Morgan fingerprint density at radius 3 is 2.58 bits per heavy atom. The van der Waals surface area contributed by atoms with Gasteiger partial charge in [-0.15, -0.1) is 10.2 Å². The first-order valence-electron chi connectivity index (χ1n) is 6.98. The van der Waals surface area contributed by atoms with Crippen molar-refractivity contribution in [1.29, 1.82) is 0 Å². The van der Waals surface area contributed by atoms with Crippen LogP contribution in [0, 0.1) is 10.1 Å². The van der Waals surface area contributed by atoms with Crippen LogP contribution >= 0.6 is 0 Å². The summed E-state index contributed by atoms with van der Waals surface area (Å²) in [5.74, 6) is 0.778. The molecule has 0 spiro atoms. The van der Waals surface area contributed by atoms with Crippen LogP contribution < -0.4 is 5.73 Å². The third-order valence-corrected chi connectivity index (χ3v) is 3.54. The van der Waals surface area contributed by atoms with Crippen LogP contribution in [-0.4, -0.2) is 15.1 Å². The van der Waals surface area contributed by atoms with Gasteiger partial charge in [0, 0.05) is 23.2 Å². The minimum Gasteiger partial charge on any atom is -0.451 e. The van der Waals surface area contributed by atoms with E-state index in [1.54, 1.807) is 18.2 Å². The number of hydrogen-bond donors (Lipinski definition) is 1. The first kappa shape index (κ1) is 13.9. The Bertz CT molecular complexity index is 1070. The molecule has 0 radical (unpaired) electrons. The zero-order chi connectivity index (χ0) is 16.7. The number of nitrogens with zero attached hydrogens (tertiary/aromatic N) is 3. The Morgan fingerprint density at radius 1 is 1.00 bits per heavy atom. The van der Waals surface area contributed by atoms with Gasteiger partial charge in [-0.2, -0.15) is 0 Å². The number of fused-ring (bicyclic) bond motifs is 1. The number of rotatable bonds is 3. The number of nitrogen functional groups attached to an aromatic ring is 1. The summed E-state index contributed by atoms with van der Waals surface area (Å²) in [6.45, 7) is 0. The molecule has 0 amide bonds. The van der Waals surface area contributed by atoms with E-state index in [9.17, 15) is 10.1 Å². The number of nitro benzene ring substituents is 1. The third-order valence-electron chi connectivity index (χ3n) is 3.54. The van der Waals surface area contributed by atoms with E-state index < -0.39 is 4.92 Å². The summed E-state index contributed by atoms with van der Waals surface area (Å²) < 4.78 is 11.2. The summed E-state index contributed by atoms with van der Waals surface area (Å²) in [6, 6.07) is 13.1. The average molecular weight is 322 g/mol. The summed E-state index contributed by atoms with van der Waals surface area (Å²) in [5.41, 5.74) is 7.52. The van der Waals surface area contributed by atoms with Gasteiger partial charge in [0.05, 0.1) is 10.5 Å². The van der Waals surface area contributed by atoms with Crippen LogP contribution in [0.2, 0.25) is 0 Å². The number of benzene rings is 2. The second-order valence-electron chi connectivity index (χ2n) is 5.09. The second-order valence-corrected chi connectivity index (χ2v) is 5.09. The number of para-hydroxylation sites is 1. The van der Waals surface area contributed by atoms with Crippen molar-refractivity contribution in [1.82, 2.24) is 10.2 Å². The number of hydrogen-bond acceptors (Lipinski definition) is 7. The molecule has 0 saturated heterocycles. The van der Waals surface area contributed by atoms with Crippen LogP contribution in [0.4, 0.5) is 11.4 Å². The van der Waals surface area contributed by atoms with Gasteiger partial charge in [0.2, 0.25) is 5.89 Å². The van der Waals surface area contributed by atoms with Gasteiger partial charge in [-0.3, -0.25) is 10.1 Å². The van der Waals surface area contributed by atoms with Crippen molar-refractivity contribution in [2.24, 2.45) is 0 Å². The van der Waals surface area contributed by atoms with Crippen LogP contribution in [0.5, 0.6) is 0 Å². The standard InChI is InChI=1S/C16H10N4O4/c17-12-4-2-1-3-11(12)15-18-19-16(24-15)14-8-9-7-10(20(21)22)5-6-13(9)23-14/h1-8H,17H2. The molecule has 0 saturated carbocycles. The topological polar surface area (TPSA) is 121 Å². The average Bonchev–Trinajstić information content (AvgIpc) is 3.21. The Morgan fingerprint density at radius 2 is 1.79 bits per heavy atom. The first-order valence-corrected chi connectivity index (χ1v) is 6.98. The highest BCUT2D eigenvalue weighted by Gasteiger charge is 2.17. The molecule has 8 nitrogen and oxygen atoms in total. The maximum atomic E-state index is 10.8. The molecule has 0 aliphatic carbocycles. The number of non-ortho nitro benzene ring substituents is 1. The molecule has 0 aliphatic rings. The Hall–Kier alpha value is -3.68. The van der Waals surface area contributed by atoms with Gasteiger partial charge in [0.15, 0.2) is 5.76 Å². The number of aromatic nitrogens is 2. The minimum absolute atomic E-state index is 0.0156. The maximum absolute atomic E-state index is 10.8. The predicted molar refractivity (Wildman–Crippen MR) is 86.0 cm³/mol. The lowest BCUT2D eigenvalue weighted by Crippen LogP contribution is -1.88. The van der Waals surface area contributed by atoms with Gasteiger partial charge in [-0.05, 0) is 24.3 Å². The van der Waals surface area contributed by atoms with Crippen LogP contribution in [0.25, 0.3) is 34.1 Å². The Kier molecular flexibility index (Phi) is 3.02. The monoisotopic (exact) mass is 322 g/mol. The molecule has 0 atom stereocenters. The van der Waals surface area contributed by atoms with Gasteiger partial charge in [0.25, 0.3) is 11.6 Å². The van der Waals surface area contributed by atoms with E-state index in [4.69, 9.17) is 14.6 Å². The molecule has 8 heteroatoms. The van der Waals surface area contributed by atoms with Crippen LogP contribution in [-0.2, 0) is 0 Å². The molecular weight excluding hydrogens is 312 g/mol. The van der Waals surface area contributed by atoms with E-state index in [1.165, 1.54) is 18.2 Å². The number of nitro groups is 1. The molecule has 118 valence electrons. The van der Waals surface area contributed by atoms with E-state index in [1.807, 2.05) is 12.1 Å². The molecule has 0 unspecified atom stereocenters. The fraction of sp³-hybridized carbons (Fsp3) is 0. The molecule has 4 aromatic rings.